The first-order valence-corrected chi connectivity index (χ1v) is 10.0. The number of methoxy groups -OCH3 is 1. The van der Waals surface area contributed by atoms with Gasteiger partial charge in [-0.05, 0) is 51.1 Å². The predicted octanol–water partition coefficient (Wildman–Crippen LogP) is 5.43. The van der Waals surface area contributed by atoms with Crippen LogP contribution in [0.25, 0.3) is 0 Å². The molecule has 0 spiro atoms. The van der Waals surface area contributed by atoms with Crippen molar-refractivity contribution in [3.05, 3.63) is 72.4 Å². The van der Waals surface area contributed by atoms with Crippen molar-refractivity contribution in [2.45, 2.75) is 26.4 Å². The summed E-state index contributed by atoms with van der Waals surface area (Å²) in [4.78, 5) is 29.5. The number of aromatic nitrogens is 1. The normalized spacial score (nSPS) is 10.8. The van der Waals surface area contributed by atoms with Crippen LogP contribution in [0.5, 0.6) is 5.75 Å². The number of hydrogen-bond donors (Lipinski definition) is 3. The minimum atomic E-state index is -0.664. The Bertz CT molecular complexity index is 1090. The fourth-order valence-corrected chi connectivity index (χ4v) is 2.81. The molecule has 0 fully saturated rings. The highest BCUT2D eigenvalue weighted by atomic mass is 16.6. The summed E-state index contributed by atoms with van der Waals surface area (Å²) in [5.74, 6) is 0.531. The number of pyridine rings is 1. The summed E-state index contributed by atoms with van der Waals surface area (Å²) in [6.07, 6.45) is -0.638. The van der Waals surface area contributed by atoms with Gasteiger partial charge in [0, 0.05) is 11.8 Å². The van der Waals surface area contributed by atoms with Crippen molar-refractivity contribution in [3.63, 3.8) is 0 Å². The molecule has 0 radical (unpaired) electrons. The zero-order valence-corrected chi connectivity index (χ0v) is 18.4. The molecule has 8 nitrogen and oxygen atoms in total. The van der Waals surface area contributed by atoms with Gasteiger partial charge in [0.05, 0.1) is 18.5 Å². The second kappa shape index (κ2) is 9.82. The molecule has 166 valence electrons. The van der Waals surface area contributed by atoms with Crippen molar-refractivity contribution in [2.75, 3.05) is 23.1 Å². The van der Waals surface area contributed by atoms with Crippen LogP contribution in [0.2, 0.25) is 0 Å². The lowest BCUT2D eigenvalue weighted by atomic mass is 10.2. The Kier molecular flexibility index (Phi) is 6.94. The van der Waals surface area contributed by atoms with E-state index in [1.54, 1.807) is 52.1 Å². The Morgan fingerprint density at radius 3 is 2.25 bits per heavy atom. The number of carbonyl (C=O) groups excluding carboxylic acids is 2. The summed E-state index contributed by atoms with van der Waals surface area (Å²) >= 11 is 0. The highest BCUT2D eigenvalue weighted by Gasteiger charge is 2.18. The molecular formula is C24H26N4O4. The van der Waals surface area contributed by atoms with Crippen molar-refractivity contribution in [1.82, 2.24) is 4.98 Å². The molecule has 0 unspecified atom stereocenters. The van der Waals surface area contributed by atoms with Crippen LogP contribution in [0.4, 0.5) is 27.7 Å². The largest absolute Gasteiger partial charge is 0.495 e. The average Bonchev–Trinajstić information content (AvgIpc) is 2.73. The van der Waals surface area contributed by atoms with Crippen molar-refractivity contribution in [3.8, 4) is 5.75 Å². The van der Waals surface area contributed by atoms with Crippen LogP contribution in [0.3, 0.4) is 0 Å². The van der Waals surface area contributed by atoms with E-state index in [1.165, 1.54) is 6.07 Å². The molecule has 2 amide bonds. The first-order chi connectivity index (χ1) is 15.2. The SMILES string of the molecule is COc1ccccc1Nc1cc(NC(=O)OC(C)(C)C)cc(C(=O)Nc2ccccc2)n1. The van der Waals surface area contributed by atoms with Gasteiger partial charge in [0.2, 0.25) is 0 Å². The van der Waals surface area contributed by atoms with E-state index in [4.69, 9.17) is 9.47 Å². The Labute approximate surface area is 187 Å². The summed E-state index contributed by atoms with van der Waals surface area (Å²) in [5.41, 5.74) is 1.09. The van der Waals surface area contributed by atoms with E-state index in [0.29, 0.717) is 28.6 Å². The van der Waals surface area contributed by atoms with Crippen molar-refractivity contribution in [2.24, 2.45) is 0 Å². The predicted molar refractivity (Wildman–Crippen MR) is 125 cm³/mol. The number of ether oxygens (including phenoxy) is 2. The molecular weight excluding hydrogens is 408 g/mol. The Hall–Kier alpha value is -4.07. The number of amides is 2. The van der Waals surface area contributed by atoms with Crippen molar-refractivity contribution < 1.29 is 19.1 Å². The monoisotopic (exact) mass is 434 g/mol. The van der Waals surface area contributed by atoms with Gasteiger partial charge in [0.1, 0.15) is 22.9 Å². The number of carbonyl (C=O) groups is 2. The molecule has 0 saturated heterocycles. The third-order valence-corrected chi connectivity index (χ3v) is 4.10. The Morgan fingerprint density at radius 1 is 0.875 bits per heavy atom. The maximum absolute atomic E-state index is 12.8. The van der Waals surface area contributed by atoms with E-state index in [1.807, 2.05) is 36.4 Å². The number of benzene rings is 2. The van der Waals surface area contributed by atoms with Crippen LogP contribution in [0.1, 0.15) is 31.3 Å². The van der Waals surface area contributed by atoms with Crippen molar-refractivity contribution >= 4 is 34.9 Å². The van der Waals surface area contributed by atoms with E-state index in [2.05, 4.69) is 20.9 Å². The lowest BCUT2D eigenvalue weighted by molar-refractivity contribution is 0.0635. The van der Waals surface area contributed by atoms with Gasteiger partial charge in [-0.3, -0.25) is 10.1 Å². The molecule has 1 aromatic heterocycles. The number of nitrogens with one attached hydrogen (secondary N) is 3. The van der Waals surface area contributed by atoms with Gasteiger partial charge in [-0.2, -0.15) is 0 Å². The molecule has 3 N–H and O–H groups in total. The molecule has 2 aromatic carbocycles. The van der Waals surface area contributed by atoms with E-state index < -0.39 is 17.6 Å². The first kappa shape index (κ1) is 22.6. The molecule has 0 aliphatic rings. The summed E-state index contributed by atoms with van der Waals surface area (Å²) in [6.45, 7) is 5.31. The highest BCUT2D eigenvalue weighted by Crippen LogP contribution is 2.28. The molecule has 0 atom stereocenters. The lowest BCUT2D eigenvalue weighted by Gasteiger charge is -2.20. The topological polar surface area (TPSA) is 102 Å². The lowest BCUT2D eigenvalue weighted by Crippen LogP contribution is -2.27. The molecule has 1 heterocycles. The second-order valence-electron chi connectivity index (χ2n) is 7.90. The molecule has 0 aliphatic carbocycles. The van der Waals surface area contributed by atoms with Gasteiger partial charge in [-0.15, -0.1) is 0 Å². The van der Waals surface area contributed by atoms with Gasteiger partial charge in [-0.1, -0.05) is 30.3 Å². The summed E-state index contributed by atoms with van der Waals surface area (Å²) in [5, 5.41) is 8.59. The van der Waals surface area contributed by atoms with E-state index >= 15 is 0 Å². The van der Waals surface area contributed by atoms with Crippen molar-refractivity contribution in [1.29, 1.82) is 0 Å². The number of para-hydroxylation sites is 3. The Morgan fingerprint density at radius 2 is 1.56 bits per heavy atom. The molecule has 8 heteroatoms. The maximum Gasteiger partial charge on any atom is 0.412 e. The summed E-state index contributed by atoms with van der Waals surface area (Å²) < 4.78 is 10.7. The second-order valence-corrected chi connectivity index (χ2v) is 7.90. The molecule has 3 rings (SSSR count). The summed E-state index contributed by atoms with van der Waals surface area (Å²) in [7, 11) is 1.56. The number of rotatable bonds is 6. The molecule has 0 saturated carbocycles. The third-order valence-electron chi connectivity index (χ3n) is 4.10. The van der Waals surface area contributed by atoms with Crippen LogP contribution in [-0.4, -0.2) is 29.7 Å². The molecule has 0 aliphatic heterocycles. The van der Waals surface area contributed by atoms with Gasteiger partial charge < -0.3 is 20.1 Å². The van der Waals surface area contributed by atoms with Crippen LogP contribution >= 0.6 is 0 Å². The number of nitrogens with zero attached hydrogens (tertiary/aromatic N) is 1. The summed E-state index contributed by atoms with van der Waals surface area (Å²) in [6, 6.07) is 19.4. The van der Waals surface area contributed by atoms with E-state index in [-0.39, 0.29) is 5.69 Å². The highest BCUT2D eigenvalue weighted by molar-refractivity contribution is 6.04. The van der Waals surface area contributed by atoms with Gasteiger partial charge in [0.15, 0.2) is 0 Å². The molecule has 3 aromatic rings. The molecule has 32 heavy (non-hydrogen) atoms. The smallest absolute Gasteiger partial charge is 0.412 e. The Balaban J connectivity index is 1.91. The van der Waals surface area contributed by atoms with E-state index in [9.17, 15) is 9.59 Å². The van der Waals surface area contributed by atoms with E-state index in [0.717, 1.165) is 0 Å². The third kappa shape index (κ3) is 6.46. The minimum absolute atomic E-state index is 0.111. The molecule has 0 bridgehead atoms. The zero-order valence-electron chi connectivity index (χ0n) is 18.4. The van der Waals surface area contributed by atoms with Gasteiger partial charge in [-0.25, -0.2) is 9.78 Å². The average molecular weight is 434 g/mol. The number of hydrogen-bond acceptors (Lipinski definition) is 6. The van der Waals surface area contributed by atoms with Crippen LogP contribution in [-0.2, 0) is 4.74 Å². The van der Waals surface area contributed by atoms with Crippen LogP contribution < -0.4 is 20.7 Å². The maximum atomic E-state index is 12.8. The van der Waals surface area contributed by atoms with Crippen LogP contribution in [0, 0.1) is 0 Å². The minimum Gasteiger partial charge on any atom is -0.495 e. The first-order valence-electron chi connectivity index (χ1n) is 10.0. The standard InChI is InChI=1S/C24H26N4O4/c1-24(2,3)32-23(30)26-17-14-19(22(29)25-16-10-6-5-7-11-16)28-21(15-17)27-18-12-8-9-13-20(18)31-4/h5-15H,1-4H3,(H,25,29)(H2,26,27,28,30). The van der Waals surface area contributed by atoms with Gasteiger partial charge >= 0.3 is 6.09 Å². The number of anilines is 4. The fourth-order valence-electron chi connectivity index (χ4n) is 2.81. The quantitative estimate of drug-likeness (QED) is 0.478. The zero-order chi connectivity index (χ0) is 23.1. The van der Waals surface area contributed by atoms with Crippen LogP contribution in [0.15, 0.2) is 66.7 Å². The fraction of sp³-hybridized carbons (Fsp3) is 0.208. The van der Waals surface area contributed by atoms with Gasteiger partial charge in [0.25, 0.3) is 5.91 Å².